The van der Waals surface area contributed by atoms with E-state index in [1.807, 2.05) is 27.0 Å². The second kappa shape index (κ2) is 8.61. The van der Waals surface area contributed by atoms with Crippen molar-refractivity contribution < 1.29 is 5.11 Å². The summed E-state index contributed by atoms with van der Waals surface area (Å²) in [7, 11) is 0. The van der Waals surface area contributed by atoms with E-state index in [1.54, 1.807) is 11.3 Å². The summed E-state index contributed by atoms with van der Waals surface area (Å²) < 4.78 is 0. The van der Waals surface area contributed by atoms with E-state index >= 15 is 0 Å². The van der Waals surface area contributed by atoms with Gasteiger partial charge in [-0.15, -0.1) is 11.3 Å². The molecule has 0 aliphatic heterocycles. The van der Waals surface area contributed by atoms with E-state index in [2.05, 4.69) is 55.9 Å². The predicted octanol–water partition coefficient (Wildman–Crippen LogP) is 4.01. The van der Waals surface area contributed by atoms with Crippen molar-refractivity contribution in [1.29, 1.82) is 5.26 Å². The van der Waals surface area contributed by atoms with Crippen molar-refractivity contribution in [3.05, 3.63) is 52.8 Å². The number of aliphatic hydroxyl groups is 1. The molecule has 1 aliphatic rings. The lowest BCUT2D eigenvalue weighted by molar-refractivity contribution is -0.0511. The van der Waals surface area contributed by atoms with Gasteiger partial charge in [-0.3, -0.25) is 0 Å². The molecule has 7 nitrogen and oxygen atoms in total. The topological polar surface area (TPSA) is 107 Å². The van der Waals surface area contributed by atoms with Gasteiger partial charge in [0.1, 0.15) is 17.5 Å². The SMILES string of the molecule is Cc1ncc(-c2ccc(CCNc3ncc(C#N)c(N[C@@H]4C[C@H](O)C4(C)C)n3)cc2)s1. The van der Waals surface area contributed by atoms with E-state index < -0.39 is 0 Å². The first kappa shape index (κ1) is 21.2. The first-order valence-corrected chi connectivity index (χ1v) is 11.2. The van der Waals surface area contributed by atoms with Gasteiger partial charge < -0.3 is 15.7 Å². The number of nitriles is 1. The summed E-state index contributed by atoms with van der Waals surface area (Å²) in [5.74, 6) is 0.991. The quantitative estimate of drug-likeness (QED) is 0.516. The van der Waals surface area contributed by atoms with Crippen molar-refractivity contribution >= 4 is 23.1 Å². The number of hydrogen-bond acceptors (Lipinski definition) is 8. The van der Waals surface area contributed by atoms with Crippen LogP contribution in [0.2, 0.25) is 0 Å². The van der Waals surface area contributed by atoms with Crippen LogP contribution in [0, 0.1) is 23.7 Å². The van der Waals surface area contributed by atoms with Crippen LogP contribution in [0.4, 0.5) is 11.8 Å². The van der Waals surface area contributed by atoms with Crippen molar-refractivity contribution in [2.24, 2.45) is 5.41 Å². The molecule has 160 valence electrons. The van der Waals surface area contributed by atoms with Crippen LogP contribution in [-0.4, -0.2) is 38.7 Å². The number of hydrogen-bond donors (Lipinski definition) is 3. The molecule has 2 atom stereocenters. The lowest BCUT2D eigenvalue weighted by Gasteiger charge is -2.49. The maximum absolute atomic E-state index is 9.96. The first-order valence-electron chi connectivity index (χ1n) is 10.3. The van der Waals surface area contributed by atoms with Crippen LogP contribution in [0.5, 0.6) is 0 Å². The summed E-state index contributed by atoms with van der Waals surface area (Å²) in [6.45, 7) is 6.70. The number of benzene rings is 1. The molecule has 1 aromatic carbocycles. The fraction of sp³-hybridized carbons (Fsp3) is 0.391. The second-order valence-electron chi connectivity index (χ2n) is 8.45. The molecule has 1 fully saturated rings. The number of rotatable bonds is 7. The maximum atomic E-state index is 9.96. The number of aromatic nitrogens is 3. The van der Waals surface area contributed by atoms with E-state index in [-0.39, 0.29) is 17.6 Å². The van der Waals surface area contributed by atoms with Gasteiger partial charge in [-0.2, -0.15) is 10.2 Å². The Hall–Kier alpha value is -3.02. The van der Waals surface area contributed by atoms with Gasteiger partial charge in [0, 0.05) is 24.2 Å². The zero-order chi connectivity index (χ0) is 22.0. The minimum absolute atomic E-state index is 0.0678. The Morgan fingerprint density at radius 1 is 1.23 bits per heavy atom. The molecular formula is C23H26N6OS. The average molecular weight is 435 g/mol. The molecule has 1 aliphatic carbocycles. The molecule has 0 unspecified atom stereocenters. The Bertz CT molecular complexity index is 1100. The van der Waals surface area contributed by atoms with Crippen molar-refractivity contribution in [3.8, 4) is 16.5 Å². The number of aliphatic hydroxyl groups excluding tert-OH is 1. The normalized spacial score (nSPS) is 19.3. The van der Waals surface area contributed by atoms with Gasteiger partial charge in [-0.1, -0.05) is 38.1 Å². The van der Waals surface area contributed by atoms with Crippen molar-refractivity contribution in [2.45, 2.75) is 45.8 Å². The molecule has 31 heavy (non-hydrogen) atoms. The fourth-order valence-corrected chi connectivity index (χ4v) is 4.40. The second-order valence-corrected chi connectivity index (χ2v) is 9.69. The van der Waals surface area contributed by atoms with E-state index in [0.29, 0.717) is 30.3 Å². The maximum Gasteiger partial charge on any atom is 0.224 e. The molecule has 0 saturated heterocycles. The van der Waals surface area contributed by atoms with Gasteiger partial charge in [-0.05, 0) is 30.9 Å². The highest BCUT2D eigenvalue weighted by Gasteiger charge is 2.47. The van der Waals surface area contributed by atoms with Crippen LogP contribution in [0.3, 0.4) is 0 Å². The summed E-state index contributed by atoms with van der Waals surface area (Å²) in [5, 5.41) is 27.0. The molecule has 4 rings (SSSR count). The number of aryl methyl sites for hydroxylation is 1. The molecule has 3 aromatic rings. The molecule has 2 heterocycles. The van der Waals surface area contributed by atoms with Crippen molar-refractivity contribution in [3.63, 3.8) is 0 Å². The number of anilines is 2. The molecule has 0 bridgehead atoms. The van der Waals surface area contributed by atoms with Crippen LogP contribution in [-0.2, 0) is 6.42 Å². The van der Waals surface area contributed by atoms with E-state index in [0.717, 1.165) is 11.4 Å². The van der Waals surface area contributed by atoms with E-state index in [9.17, 15) is 10.4 Å². The largest absolute Gasteiger partial charge is 0.392 e. The smallest absolute Gasteiger partial charge is 0.224 e. The highest BCUT2D eigenvalue weighted by Crippen LogP contribution is 2.42. The number of nitrogens with zero attached hydrogens (tertiary/aromatic N) is 4. The molecule has 0 amide bonds. The number of thiazole rings is 1. The van der Waals surface area contributed by atoms with Gasteiger partial charge in [0.2, 0.25) is 5.95 Å². The Balaban J connectivity index is 1.36. The first-order chi connectivity index (χ1) is 14.9. The zero-order valence-corrected chi connectivity index (χ0v) is 18.7. The summed E-state index contributed by atoms with van der Waals surface area (Å²) in [4.78, 5) is 14.3. The van der Waals surface area contributed by atoms with Crippen LogP contribution >= 0.6 is 11.3 Å². The van der Waals surface area contributed by atoms with Crippen LogP contribution in [0.25, 0.3) is 10.4 Å². The summed E-state index contributed by atoms with van der Waals surface area (Å²) in [5.41, 5.74) is 2.54. The standard InChI is InChI=1S/C23H26N6OS/c1-14-26-13-18(31-14)16-6-4-15(5-7-16)8-9-25-22-27-12-17(11-24)21(29-22)28-19-10-20(30)23(19,2)3/h4-7,12-13,19-20,30H,8-10H2,1-3H3,(H2,25,27,28,29)/t19-,20+/m1/s1. The Morgan fingerprint density at radius 3 is 2.61 bits per heavy atom. The lowest BCUT2D eigenvalue weighted by Crippen LogP contribution is -2.57. The third kappa shape index (κ3) is 4.53. The molecule has 0 spiro atoms. The third-order valence-corrected chi connectivity index (χ3v) is 6.95. The molecule has 3 N–H and O–H groups in total. The van der Waals surface area contributed by atoms with Crippen LogP contribution in [0.15, 0.2) is 36.7 Å². The van der Waals surface area contributed by atoms with Crippen molar-refractivity contribution in [2.75, 3.05) is 17.2 Å². The van der Waals surface area contributed by atoms with Gasteiger partial charge in [0.25, 0.3) is 0 Å². The fourth-order valence-electron chi connectivity index (χ4n) is 3.62. The Kier molecular flexibility index (Phi) is 5.90. The highest BCUT2D eigenvalue weighted by atomic mass is 32.1. The minimum atomic E-state index is -0.346. The third-order valence-electron chi connectivity index (χ3n) is 5.99. The summed E-state index contributed by atoms with van der Waals surface area (Å²) in [6.07, 6.45) is 4.57. The lowest BCUT2D eigenvalue weighted by atomic mass is 9.64. The minimum Gasteiger partial charge on any atom is -0.392 e. The van der Waals surface area contributed by atoms with Gasteiger partial charge >= 0.3 is 0 Å². The monoisotopic (exact) mass is 434 g/mol. The average Bonchev–Trinajstić information content (AvgIpc) is 3.20. The summed E-state index contributed by atoms with van der Waals surface area (Å²) >= 11 is 1.69. The predicted molar refractivity (Wildman–Crippen MR) is 123 cm³/mol. The molecular weight excluding hydrogens is 408 g/mol. The zero-order valence-electron chi connectivity index (χ0n) is 17.9. The van der Waals surface area contributed by atoms with Gasteiger partial charge in [-0.25, -0.2) is 9.97 Å². The van der Waals surface area contributed by atoms with Gasteiger partial charge in [0.15, 0.2) is 0 Å². The van der Waals surface area contributed by atoms with Crippen LogP contribution in [0.1, 0.15) is 36.4 Å². The van der Waals surface area contributed by atoms with Crippen molar-refractivity contribution in [1.82, 2.24) is 15.0 Å². The van der Waals surface area contributed by atoms with Crippen LogP contribution < -0.4 is 10.6 Å². The van der Waals surface area contributed by atoms with Gasteiger partial charge in [0.05, 0.1) is 22.2 Å². The highest BCUT2D eigenvalue weighted by molar-refractivity contribution is 7.15. The summed E-state index contributed by atoms with van der Waals surface area (Å²) in [6, 6.07) is 10.7. The van der Waals surface area contributed by atoms with E-state index in [4.69, 9.17) is 0 Å². The Morgan fingerprint density at radius 2 is 2.00 bits per heavy atom. The van der Waals surface area contributed by atoms with E-state index in [1.165, 1.54) is 22.2 Å². The molecule has 1 saturated carbocycles. The molecule has 8 heteroatoms. The molecule has 0 radical (unpaired) electrons. The Labute approximate surface area is 186 Å². The number of nitrogens with one attached hydrogen (secondary N) is 2. The molecule has 2 aromatic heterocycles.